The first-order valence-electron chi connectivity index (χ1n) is 11.9. The van der Waals surface area contributed by atoms with Gasteiger partial charge in [0.25, 0.3) is 5.91 Å². The van der Waals surface area contributed by atoms with E-state index in [0.717, 1.165) is 30.6 Å². The molecule has 0 radical (unpaired) electrons. The summed E-state index contributed by atoms with van der Waals surface area (Å²) in [6.45, 7) is 5.95. The van der Waals surface area contributed by atoms with Gasteiger partial charge < -0.3 is 14.5 Å². The molecule has 178 valence electrons. The average molecular weight is 495 g/mol. The van der Waals surface area contributed by atoms with Crippen LogP contribution in [0.5, 0.6) is 5.75 Å². The van der Waals surface area contributed by atoms with Gasteiger partial charge in [-0.25, -0.2) is 0 Å². The molecule has 34 heavy (non-hydrogen) atoms. The SMILES string of the molecule is Cc1ccc(OC[C@H]2c3ccsc3CCN2C(=O)CN(CC2CC2)C(=O)c2cccs2)c(C)c1. The minimum absolute atomic E-state index is 0.00312. The molecule has 1 aliphatic carbocycles. The summed E-state index contributed by atoms with van der Waals surface area (Å²) in [5, 5.41) is 4.01. The van der Waals surface area contributed by atoms with Gasteiger partial charge in [-0.2, -0.15) is 0 Å². The van der Waals surface area contributed by atoms with Crippen LogP contribution in [-0.4, -0.2) is 47.9 Å². The zero-order valence-corrected chi connectivity index (χ0v) is 21.3. The predicted octanol–water partition coefficient (Wildman–Crippen LogP) is 5.48. The van der Waals surface area contributed by atoms with Crippen molar-refractivity contribution in [3.63, 3.8) is 0 Å². The number of amides is 2. The highest BCUT2D eigenvalue weighted by atomic mass is 32.1. The second-order valence-electron chi connectivity index (χ2n) is 9.34. The van der Waals surface area contributed by atoms with Crippen molar-refractivity contribution in [2.45, 2.75) is 39.2 Å². The van der Waals surface area contributed by atoms with E-state index in [1.807, 2.05) is 41.5 Å². The fraction of sp³-hybridized carbons (Fsp3) is 0.407. The Kier molecular flexibility index (Phi) is 6.75. The minimum Gasteiger partial charge on any atom is -0.491 e. The maximum absolute atomic E-state index is 13.6. The van der Waals surface area contributed by atoms with E-state index in [0.29, 0.717) is 30.5 Å². The fourth-order valence-corrected chi connectivity index (χ4v) is 6.27. The summed E-state index contributed by atoms with van der Waals surface area (Å²) in [4.78, 5) is 32.5. The standard InChI is InChI=1S/C27H30N2O3S2/c1-18-5-8-23(19(2)14-18)32-17-22-21-10-13-34-24(21)9-11-29(22)26(30)16-28(15-20-6-7-20)27(31)25-4-3-12-33-25/h3-5,8,10,12-14,20,22H,6-7,9,11,15-17H2,1-2H3/t22-/m0/s1. The number of nitrogens with zero attached hydrogens (tertiary/aromatic N) is 2. The summed E-state index contributed by atoms with van der Waals surface area (Å²) in [7, 11) is 0. The number of ether oxygens (including phenoxy) is 1. The van der Waals surface area contributed by atoms with E-state index in [1.54, 1.807) is 16.2 Å². The lowest BCUT2D eigenvalue weighted by Crippen LogP contribution is -2.48. The van der Waals surface area contributed by atoms with Crippen LogP contribution in [0.3, 0.4) is 0 Å². The van der Waals surface area contributed by atoms with Crippen molar-refractivity contribution in [1.29, 1.82) is 0 Å². The van der Waals surface area contributed by atoms with Crippen LogP contribution in [-0.2, 0) is 11.2 Å². The maximum atomic E-state index is 13.6. The Labute approximate surface area is 209 Å². The second kappa shape index (κ2) is 9.92. The maximum Gasteiger partial charge on any atom is 0.264 e. The van der Waals surface area contributed by atoms with E-state index >= 15 is 0 Å². The first-order chi connectivity index (χ1) is 16.5. The van der Waals surface area contributed by atoms with Crippen LogP contribution >= 0.6 is 22.7 Å². The van der Waals surface area contributed by atoms with Crippen molar-refractivity contribution < 1.29 is 14.3 Å². The number of rotatable bonds is 8. The Bertz CT molecular complexity index is 1170. The van der Waals surface area contributed by atoms with E-state index in [2.05, 4.69) is 24.4 Å². The van der Waals surface area contributed by atoms with Crippen molar-refractivity contribution >= 4 is 34.5 Å². The van der Waals surface area contributed by atoms with Gasteiger partial charge in [-0.1, -0.05) is 23.8 Å². The summed E-state index contributed by atoms with van der Waals surface area (Å²) in [5.41, 5.74) is 3.47. The number of benzene rings is 1. The zero-order chi connectivity index (χ0) is 23.7. The Morgan fingerprint density at radius 2 is 1.97 bits per heavy atom. The number of aryl methyl sites for hydroxylation is 2. The number of carbonyl (C=O) groups is 2. The first kappa shape index (κ1) is 23.1. The molecule has 0 bridgehead atoms. The molecule has 7 heteroatoms. The molecule has 0 spiro atoms. The molecular weight excluding hydrogens is 464 g/mol. The molecule has 1 aliphatic heterocycles. The van der Waals surface area contributed by atoms with E-state index in [4.69, 9.17) is 4.74 Å². The third-order valence-corrected chi connectivity index (χ3v) is 8.52. The van der Waals surface area contributed by atoms with Crippen LogP contribution in [0.2, 0.25) is 0 Å². The lowest BCUT2D eigenvalue weighted by atomic mass is 10.00. The van der Waals surface area contributed by atoms with Gasteiger partial charge in [0, 0.05) is 18.0 Å². The van der Waals surface area contributed by atoms with Gasteiger partial charge in [0.2, 0.25) is 5.91 Å². The smallest absolute Gasteiger partial charge is 0.264 e. The van der Waals surface area contributed by atoms with Crippen LogP contribution in [0.15, 0.2) is 47.2 Å². The van der Waals surface area contributed by atoms with Gasteiger partial charge in [0.15, 0.2) is 0 Å². The van der Waals surface area contributed by atoms with Crippen LogP contribution < -0.4 is 4.74 Å². The molecule has 2 amide bonds. The van der Waals surface area contributed by atoms with Crippen LogP contribution in [0.1, 0.15) is 50.1 Å². The Morgan fingerprint density at radius 1 is 1.12 bits per heavy atom. The number of fused-ring (bicyclic) bond motifs is 1. The van der Waals surface area contributed by atoms with Crippen LogP contribution in [0.25, 0.3) is 0 Å². The number of thiophene rings is 2. The third-order valence-electron chi connectivity index (χ3n) is 6.66. The molecule has 1 atom stereocenters. The highest BCUT2D eigenvalue weighted by molar-refractivity contribution is 7.12. The highest BCUT2D eigenvalue weighted by Crippen LogP contribution is 2.35. The quantitative estimate of drug-likeness (QED) is 0.416. The predicted molar refractivity (Wildman–Crippen MR) is 137 cm³/mol. The van der Waals surface area contributed by atoms with E-state index in [-0.39, 0.29) is 24.4 Å². The van der Waals surface area contributed by atoms with Crippen LogP contribution in [0.4, 0.5) is 0 Å². The fourth-order valence-electron chi connectivity index (χ4n) is 4.65. The summed E-state index contributed by atoms with van der Waals surface area (Å²) < 4.78 is 6.26. The minimum atomic E-state index is -0.150. The first-order valence-corrected chi connectivity index (χ1v) is 13.6. The molecule has 2 aromatic heterocycles. The molecule has 5 nitrogen and oxygen atoms in total. The summed E-state index contributed by atoms with van der Waals surface area (Å²) in [6, 6.07) is 11.9. The molecule has 3 heterocycles. The van der Waals surface area contributed by atoms with Crippen molar-refractivity contribution in [2.24, 2.45) is 5.92 Å². The van der Waals surface area contributed by atoms with Crippen molar-refractivity contribution in [2.75, 3.05) is 26.2 Å². The molecule has 1 aromatic carbocycles. The Balaban J connectivity index is 1.34. The molecular formula is C27H30N2O3S2. The molecule has 0 unspecified atom stereocenters. The molecule has 1 fully saturated rings. The Hall–Kier alpha value is -2.64. The largest absolute Gasteiger partial charge is 0.491 e. The number of carbonyl (C=O) groups excluding carboxylic acids is 2. The summed E-state index contributed by atoms with van der Waals surface area (Å²) >= 11 is 3.18. The van der Waals surface area contributed by atoms with Crippen LogP contribution in [0, 0.1) is 19.8 Å². The van der Waals surface area contributed by atoms with Crippen molar-refractivity contribution in [3.05, 3.63) is 73.6 Å². The van der Waals surface area contributed by atoms with Crippen molar-refractivity contribution in [1.82, 2.24) is 9.80 Å². The van der Waals surface area contributed by atoms with E-state index in [1.165, 1.54) is 27.3 Å². The molecule has 5 rings (SSSR count). The van der Waals surface area contributed by atoms with Gasteiger partial charge >= 0.3 is 0 Å². The lowest BCUT2D eigenvalue weighted by molar-refractivity contribution is -0.135. The summed E-state index contributed by atoms with van der Waals surface area (Å²) in [5.74, 6) is 1.33. The van der Waals surface area contributed by atoms with E-state index < -0.39 is 0 Å². The van der Waals surface area contributed by atoms with Crippen molar-refractivity contribution in [3.8, 4) is 5.75 Å². The number of hydrogen-bond acceptors (Lipinski definition) is 5. The molecule has 1 saturated carbocycles. The second-order valence-corrected chi connectivity index (χ2v) is 11.3. The van der Waals surface area contributed by atoms with Gasteiger partial charge in [0.1, 0.15) is 18.9 Å². The topological polar surface area (TPSA) is 49.9 Å². The van der Waals surface area contributed by atoms with Gasteiger partial charge in [-0.05, 0) is 79.1 Å². The molecule has 3 aromatic rings. The molecule has 0 N–H and O–H groups in total. The third kappa shape index (κ3) is 5.05. The summed E-state index contributed by atoms with van der Waals surface area (Å²) in [6.07, 6.45) is 3.12. The normalized spacial score (nSPS) is 17.4. The van der Waals surface area contributed by atoms with Gasteiger partial charge in [0.05, 0.1) is 10.9 Å². The zero-order valence-electron chi connectivity index (χ0n) is 19.7. The van der Waals surface area contributed by atoms with Gasteiger partial charge in [-0.3, -0.25) is 9.59 Å². The lowest BCUT2D eigenvalue weighted by Gasteiger charge is -2.37. The Morgan fingerprint density at radius 3 is 2.71 bits per heavy atom. The van der Waals surface area contributed by atoms with Gasteiger partial charge in [-0.15, -0.1) is 22.7 Å². The molecule has 0 saturated heterocycles. The number of hydrogen-bond donors (Lipinski definition) is 0. The monoisotopic (exact) mass is 494 g/mol. The molecule has 2 aliphatic rings. The highest BCUT2D eigenvalue weighted by Gasteiger charge is 2.35. The average Bonchev–Trinajstić information content (AvgIpc) is 3.26. The van der Waals surface area contributed by atoms with E-state index in [9.17, 15) is 9.59 Å².